The van der Waals surface area contributed by atoms with E-state index in [0.717, 1.165) is 5.71 Å². The Morgan fingerprint density at radius 1 is 1.50 bits per heavy atom. The minimum Gasteiger partial charge on any atom is -0.185 e. The summed E-state index contributed by atoms with van der Waals surface area (Å²) in [5.41, 5.74) is 7.34. The zero-order valence-corrected chi connectivity index (χ0v) is 5.34. The lowest BCUT2D eigenvalue weighted by Gasteiger charge is -2.00. The Bertz CT molecular complexity index is 103. The molecule has 8 heavy (non-hydrogen) atoms. The zero-order chi connectivity index (χ0) is 6.57. The van der Waals surface area contributed by atoms with E-state index in [2.05, 4.69) is 10.3 Å². The van der Waals surface area contributed by atoms with Gasteiger partial charge in [-0.15, -0.1) is 0 Å². The van der Waals surface area contributed by atoms with Crippen LogP contribution in [0.5, 0.6) is 0 Å². The van der Waals surface area contributed by atoms with Crippen molar-refractivity contribution in [1.82, 2.24) is 5.12 Å². The predicted molar refractivity (Wildman–Crippen MR) is 31.7 cm³/mol. The van der Waals surface area contributed by atoms with Crippen LogP contribution in [0.1, 0.15) is 13.8 Å². The summed E-state index contributed by atoms with van der Waals surface area (Å²) in [6.45, 7) is 3.70. The predicted octanol–water partition coefficient (Wildman–Crippen LogP) is 1.26. The van der Waals surface area contributed by atoms with E-state index in [1.807, 2.05) is 13.8 Å². The Balaban J connectivity index is 3.68. The average Bonchev–Trinajstić information content (AvgIpc) is 1.65. The van der Waals surface area contributed by atoms with Gasteiger partial charge in [0, 0.05) is 5.71 Å². The van der Waals surface area contributed by atoms with Crippen LogP contribution < -0.4 is 0 Å². The van der Waals surface area contributed by atoms with Crippen molar-refractivity contribution in [3.05, 3.63) is 0 Å². The third-order valence-electron chi connectivity index (χ3n) is 0.489. The molecule has 0 heterocycles. The summed E-state index contributed by atoms with van der Waals surface area (Å²) in [7, 11) is 1.61. The van der Waals surface area contributed by atoms with Crippen molar-refractivity contribution < 1.29 is 0 Å². The second kappa shape index (κ2) is 3.12. The van der Waals surface area contributed by atoms with Crippen LogP contribution in [0, 0.1) is 5.53 Å². The quantitative estimate of drug-likeness (QED) is 0.328. The molecule has 0 amide bonds. The third-order valence-corrected chi connectivity index (χ3v) is 0.489. The van der Waals surface area contributed by atoms with Gasteiger partial charge in [0.2, 0.25) is 0 Å². The average molecular weight is 114 g/mol. The molecule has 0 saturated heterocycles. The summed E-state index contributed by atoms with van der Waals surface area (Å²) < 4.78 is 0. The van der Waals surface area contributed by atoms with E-state index in [4.69, 9.17) is 5.53 Å². The van der Waals surface area contributed by atoms with Crippen LogP contribution in [0.3, 0.4) is 0 Å². The molecule has 0 aromatic heterocycles. The number of hydrogen-bond acceptors (Lipinski definition) is 3. The van der Waals surface area contributed by atoms with E-state index in [-0.39, 0.29) is 0 Å². The fourth-order valence-corrected chi connectivity index (χ4v) is 0.312. The van der Waals surface area contributed by atoms with E-state index >= 15 is 0 Å². The van der Waals surface area contributed by atoms with Crippen molar-refractivity contribution in [2.45, 2.75) is 13.8 Å². The smallest absolute Gasteiger partial charge is 0.0513 e. The standard InChI is InChI=1S/C4H10N4/c1-4(2)6-8(3)7-5/h5H,1-3H3. The maximum atomic E-state index is 6.45. The first-order valence-electron chi connectivity index (χ1n) is 2.29. The van der Waals surface area contributed by atoms with Gasteiger partial charge in [-0.25, -0.2) is 0 Å². The Hall–Kier alpha value is -0.930. The Morgan fingerprint density at radius 3 is 2.12 bits per heavy atom. The largest absolute Gasteiger partial charge is 0.185 e. The molecule has 0 bridgehead atoms. The lowest BCUT2D eigenvalue weighted by atomic mass is 10.5. The summed E-state index contributed by atoms with van der Waals surface area (Å²) >= 11 is 0. The van der Waals surface area contributed by atoms with E-state index in [1.165, 1.54) is 5.12 Å². The molecule has 46 valence electrons. The van der Waals surface area contributed by atoms with Gasteiger partial charge in [-0.05, 0) is 13.8 Å². The fourth-order valence-electron chi connectivity index (χ4n) is 0.312. The summed E-state index contributed by atoms with van der Waals surface area (Å²) in [6.07, 6.45) is 0. The van der Waals surface area contributed by atoms with Crippen molar-refractivity contribution in [2.75, 3.05) is 7.05 Å². The summed E-state index contributed by atoms with van der Waals surface area (Å²) in [5.74, 6) is 0. The topological polar surface area (TPSA) is 51.8 Å². The second-order valence-corrected chi connectivity index (χ2v) is 1.64. The highest BCUT2D eigenvalue weighted by molar-refractivity contribution is 5.78. The van der Waals surface area contributed by atoms with Gasteiger partial charge in [-0.2, -0.15) is 15.8 Å². The van der Waals surface area contributed by atoms with Crippen LogP contribution >= 0.6 is 0 Å². The van der Waals surface area contributed by atoms with Crippen LogP contribution in [0.25, 0.3) is 0 Å². The molecule has 0 aliphatic heterocycles. The first-order valence-corrected chi connectivity index (χ1v) is 2.29. The first-order chi connectivity index (χ1) is 3.66. The highest BCUT2D eigenvalue weighted by atomic mass is 15.7. The molecular weight excluding hydrogens is 104 g/mol. The normalized spacial score (nSPS) is 7.88. The number of nitrogens with zero attached hydrogens (tertiary/aromatic N) is 3. The van der Waals surface area contributed by atoms with Gasteiger partial charge < -0.3 is 0 Å². The molecule has 0 aliphatic rings. The van der Waals surface area contributed by atoms with E-state index < -0.39 is 0 Å². The lowest BCUT2D eigenvalue weighted by Crippen LogP contribution is -2.01. The molecule has 0 atom stereocenters. The summed E-state index contributed by atoms with van der Waals surface area (Å²) in [5, 5.41) is 8.02. The van der Waals surface area contributed by atoms with E-state index in [0.29, 0.717) is 0 Å². The van der Waals surface area contributed by atoms with Gasteiger partial charge in [0.15, 0.2) is 0 Å². The molecule has 4 nitrogen and oxygen atoms in total. The van der Waals surface area contributed by atoms with Crippen LogP contribution in [0.15, 0.2) is 10.3 Å². The van der Waals surface area contributed by atoms with Crippen molar-refractivity contribution in [1.29, 1.82) is 5.53 Å². The van der Waals surface area contributed by atoms with Crippen LogP contribution in [0.4, 0.5) is 0 Å². The number of hydrogen-bond donors (Lipinski definition) is 1. The van der Waals surface area contributed by atoms with Gasteiger partial charge in [-0.3, -0.25) is 0 Å². The summed E-state index contributed by atoms with van der Waals surface area (Å²) in [6, 6.07) is 0. The molecule has 4 heteroatoms. The molecule has 0 rings (SSSR count). The molecule has 0 unspecified atom stereocenters. The molecule has 0 aromatic rings. The maximum absolute atomic E-state index is 6.45. The first kappa shape index (κ1) is 7.07. The van der Waals surface area contributed by atoms with E-state index in [1.54, 1.807) is 7.05 Å². The SMILES string of the molecule is CC(C)=NN(C)N=N. The Morgan fingerprint density at radius 2 is 2.00 bits per heavy atom. The molecule has 1 N–H and O–H groups in total. The van der Waals surface area contributed by atoms with Gasteiger partial charge in [0.1, 0.15) is 0 Å². The minimum atomic E-state index is 0.892. The molecule has 0 radical (unpaired) electrons. The third kappa shape index (κ3) is 3.27. The van der Waals surface area contributed by atoms with Crippen LogP contribution in [-0.2, 0) is 0 Å². The van der Waals surface area contributed by atoms with Crippen molar-refractivity contribution in [3.63, 3.8) is 0 Å². The number of rotatable bonds is 2. The molecule has 0 saturated carbocycles. The van der Waals surface area contributed by atoms with Gasteiger partial charge in [0.25, 0.3) is 0 Å². The Labute approximate surface area is 48.7 Å². The molecule has 0 aliphatic carbocycles. The molecule has 0 spiro atoms. The monoisotopic (exact) mass is 114 g/mol. The molecule has 0 aromatic carbocycles. The van der Waals surface area contributed by atoms with Crippen molar-refractivity contribution >= 4 is 5.71 Å². The molecular formula is C4H10N4. The highest BCUT2D eigenvalue weighted by Crippen LogP contribution is 1.83. The van der Waals surface area contributed by atoms with E-state index in [9.17, 15) is 0 Å². The number of nitrogens with one attached hydrogen (secondary N) is 1. The maximum Gasteiger partial charge on any atom is 0.0513 e. The van der Waals surface area contributed by atoms with Gasteiger partial charge in [0.05, 0.1) is 7.05 Å². The Kier molecular flexibility index (Phi) is 2.76. The lowest BCUT2D eigenvalue weighted by molar-refractivity contribution is 0.339. The highest BCUT2D eigenvalue weighted by Gasteiger charge is 1.82. The fraction of sp³-hybridized carbons (Fsp3) is 0.750. The van der Waals surface area contributed by atoms with Crippen LogP contribution in [0.2, 0.25) is 0 Å². The van der Waals surface area contributed by atoms with Crippen LogP contribution in [-0.4, -0.2) is 17.9 Å². The zero-order valence-electron chi connectivity index (χ0n) is 5.34. The molecule has 0 fully saturated rings. The van der Waals surface area contributed by atoms with Gasteiger partial charge in [-0.1, -0.05) is 5.22 Å². The van der Waals surface area contributed by atoms with Crippen molar-refractivity contribution in [2.24, 2.45) is 10.3 Å². The summed E-state index contributed by atoms with van der Waals surface area (Å²) in [4.78, 5) is 0. The minimum absolute atomic E-state index is 0.892. The number of hydrazone groups is 1. The van der Waals surface area contributed by atoms with Gasteiger partial charge >= 0.3 is 0 Å². The van der Waals surface area contributed by atoms with Crippen molar-refractivity contribution in [3.8, 4) is 0 Å². The second-order valence-electron chi connectivity index (χ2n) is 1.64.